The van der Waals surface area contributed by atoms with E-state index < -0.39 is 0 Å². The van der Waals surface area contributed by atoms with E-state index in [1.54, 1.807) is 0 Å². The molecule has 0 aromatic carbocycles. The van der Waals surface area contributed by atoms with Crippen molar-refractivity contribution in [2.45, 2.75) is 45.2 Å². The molecule has 4 nitrogen and oxygen atoms in total. The Kier molecular flexibility index (Phi) is 5.22. The van der Waals surface area contributed by atoms with Crippen molar-refractivity contribution in [1.82, 2.24) is 4.90 Å². The van der Waals surface area contributed by atoms with E-state index >= 15 is 0 Å². The topological polar surface area (TPSA) is 49.8 Å². The van der Waals surface area contributed by atoms with Crippen molar-refractivity contribution < 1.29 is 14.6 Å². The van der Waals surface area contributed by atoms with E-state index in [1.165, 1.54) is 26.4 Å². The van der Waals surface area contributed by atoms with Crippen LogP contribution in [-0.2, 0) is 9.53 Å². The van der Waals surface area contributed by atoms with E-state index in [0.29, 0.717) is 12.6 Å². The number of rotatable bonds is 6. The molecule has 1 N–H and O–H groups in total. The monoisotopic (exact) mass is 229 g/mol. The summed E-state index contributed by atoms with van der Waals surface area (Å²) in [5.74, 6) is -0.313. The Hall–Kier alpha value is -0.610. The first kappa shape index (κ1) is 13.5. The number of carbonyl (C=O) groups is 1. The number of nitrogens with zero attached hydrogens (tertiary/aromatic N) is 1. The number of aliphatic hydroxyl groups excluding tert-OH is 1. The first-order valence-electron chi connectivity index (χ1n) is 6.06. The number of ether oxygens (including phenoxy) is 1. The minimum Gasteiger partial charge on any atom is -0.469 e. The fourth-order valence-corrected chi connectivity index (χ4v) is 2.22. The zero-order valence-electron chi connectivity index (χ0n) is 10.5. The summed E-state index contributed by atoms with van der Waals surface area (Å²) in [5.41, 5.74) is 0. The lowest BCUT2D eigenvalue weighted by Crippen LogP contribution is -2.50. The molecule has 1 aliphatic rings. The van der Waals surface area contributed by atoms with E-state index in [2.05, 4.69) is 4.90 Å². The van der Waals surface area contributed by atoms with Crippen LogP contribution in [0.5, 0.6) is 0 Å². The van der Waals surface area contributed by atoms with Gasteiger partial charge in [0.25, 0.3) is 0 Å². The Labute approximate surface area is 97.6 Å². The van der Waals surface area contributed by atoms with Crippen LogP contribution in [0.15, 0.2) is 0 Å². The van der Waals surface area contributed by atoms with Gasteiger partial charge in [0.2, 0.25) is 0 Å². The molecule has 0 aliphatic heterocycles. The highest BCUT2D eigenvalue weighted by molar-refractivity contribution is 5.72. The second-order valence-corrected chi connectivity index (χ2v) is 4.60. The maximum Gasteiger partial charge on any atom is 0.309 e. The zero-order valence-corrected chi connectivity index (χ0v) is 10.5. The standard InChI is InChI=1S/C12H23NO3/c1-9(12(15)16-3)10(2)13(7-8-14)11-5-4-6-11/h9-11,14H,4-8H2,1-3H3. The predicted octanol–water partition coefficient (Wildman–Crippen LogP) is 1.03. The molecule has 2 atom stereocenters. The average molecular weight is 229 g/mol. The van der Waals surface area contributed by atoms with Crippen LogP contribution in [0.1, 0.15) is 33.1 Å². The molecular formula is C12H23NO3. The van der Waals surface area contributed by atoms with Crippen molar-refractivity contribution in [1.29, 1.82) is 0 Å². The minimum absolute atomic E-state index is 0.130. The number of hydrogen-bond donors (Lipinski definition) is 1. The number of aliphatic hydroxyl groups is 1. The van der Waals surface area contributed by atoms with Crippen molar-refractivity contribution in [3.8, 4) is 0 Å². The molecule has 0 aromatic heterocycles. The number of carbonyl (C=O) groups excluding carboxylic acids is 1. The molecule has 0 spiro atoms. The Morgan fingerprint density at radius 2 is 2.12 bits per heavy atom. The number of methoxy groups -OCH3 is 1. The molecule has 0 heterocycles. The Bertz CT molecular complexity index is 228. The number of esters is 1. The van der Waals surface area contributed by atoms with E-state index in [4.69, 9.17) is 9.84 Å². The lowest BCUT2D eigenvalue weighted by Gasteiger charge is -2.42. The third-order valence-electron chi connectivity index (χ3n) is 3.72. The van der Waals surface area contributed by atoms with Gasteiger partial charge < -0.3 is 9.84 Å². The van der Waals surface area contributed by atoms with Gasteiger partial charge in [-0.05, 0) is 19.8 Å². The smallest absolute Gasteiger partial charge is 0.309 e. The van der Waals surface area contributed by atoms with Gasteiger partial charge in [0, 0.05) is 18.6 Å². The van der Waals surface area contributed by atoms with Gasteiger partial charge in [0.05, 0.1) is 19.6 Å². The van der Waals surface area contributed by atoms with Crippen LogP contribution in [0.25, 0.3) is 0 Å². The van der Waals surface area contributed by atoms with Crippen molar-refractivity contribution in [2.75, 3.05) is 20.3 Å². The highest BCUT2D eigenvalue weighted by Gasteiger charge is 2.33. The van der Waals surface area contributed by atoms with E-state index in [0.717, 1.165) is 0 Å². The molecule has 1 saturated carbocycles. The Morgan fingerprint density at radius 3 is 2.50 bits per heavy atom. The molecule has 0 aromatic rings. The van der Waals surface area contributed by atoms with Crippen LogP contribution >= 0.6 is 0 Å². The van der Waals surface area contributed by atoms with Crippen molar-refractivity contribution in [2.24, 2.45) is 5.92 Å². The summed E-state index contributed by atoms with van der Waals surface area (Å²) in [7, 11) is 1.42. The van der Waals surface area contributed by atoms with Gasteiger partial charge in [0.1, 0.15) is 0 Å². The van der Waals surface area contributed by atoms with Gasteiger partial charge in [-0.2, -0.15) is 0 Å². The van der Waals surface area contributed by atoms with E-state index in [-0.39, 0.29) is 24.5 Å². The molecule has 2 unspecified atom stereocenters. The molecule has 4 heteroatoms. The van der Waals surface area contributed by atoms with Crippen LogP contribution in [0.4, 0.5) is 0 Å². The van der Waals surface area contributed by atoms with Gasteiger partial charge in [-0.15, -0.1) is 0 Å². The average Bonchev–Trinajstić information content (AvgIpc) is 2.23. The highest BCUT2D eigenvalue weighted by Crippen LogP contribution is 2.28. The lowest BCUT2D eigenvalue weighted by atomic mass is 9.88. The second-order valence-electron chi connectivity index (χ2n) is 4.60. The molecular weight excluding hydrogens is 206 g/mol. The largest absolute Gasteiger partial charge is 0.469 e. The van der Waals surface area contributed by atoms with Crippen LogP contribution in [-0.4, -0.2) is 48.3 Å². The first-order valence-corrected chi connectivity index (χ1v) is 6.06. The maximum atomic E-state index is 11.5. The van der Waals surface area contributed by atoms with Crippen LogP contribution < -0.4 is 0 Å². The first-order chi connectivity index (χ1) is 7.61. The quantitative estimate of drug-likeness (QED) is 0.691. The van der Waals surface area contributed by atoms with Gasteiger partial charge in [-0.1, -0.05) is 13.3 Å². The van der Waals surface area contributed by atoms with Gasteiger partial charge in [-0.25, -0.2) is 0 Å². The van der Waals surface area contributed by atoms with Crippen LogP contribution in [0.2, 0.25) is 0 Å². The third-order valence-corrected chi connectivity index (χ3v) is 3.72. The fourth-order valence-electron chi connectivity index (χ4n) is 2.22. The molecule has 1 rings (SSSR count). The summed E-state index contributed by atoms with van der Waals surface area (Å²) in [6.45, 7) is 4.72. The Balaban J connectivity index is 2.58. The molecule has 1 fully saturated rings. The summed E-state index contributed by atoms with van der Waals surface area (Å²) in [5, 5.41) is 9.07. The van der Waals surface area contributed by atoms with Crippen molar-refractivity contribution in [3.63, 3.8) is 0 Å². The maximum absolute atomic E-state index is 11.5. The normalized spacial score (nSPS) is 20.3. The molecule has 16 heavy (non-hydrogen) atoms. The molecule has 0 radical (unpaired) electrons. The van der Waals surface area contributed by atoms with Crippen molar-refractivity contribution >= 4 is 5.97 Å². The Morgan fingerprint density at radius 1 is 1.50 bits per heavy atom. The van der Waals surface area contributed by atoms with Crippen LogP contribution in [0.3, 0.4) is 0 Å². The van der Waals surface area contributed by atoms with Gasteiger partial charge in [-0.3, -0.25) is 9.69 Å². The minimum atomic E-state index is -0.172. The molecule has 94 valence electrons. The van der Waals surface area contributed by atoms with Crippen molar-refractivity contribution in [3.05, 3.63) is 0 Å². The summed E-state index contributed by atoms with van der Waals surface area (Å²) in [4.78, 5) is 13.7. The number of hydrogen-bond acceptors (Lipinski definition) is 4. The highest BCUT2D eigenvalue weighted by atomic mass is 16.5. The SMILES string of the molecule is COC(=O)C(C)C(C)N(CCO)C1CCC1. The second kappa shape index (κ2) is 6.21. The van der Waals surface area contributed by atoms with E-state index in [9.17, 15) is 4.79 Å². The summed E-state index contributed by atoms with van der Waals surface area (Å²) in [6.07, 6.45) is 3.61. The summed E-state index contributed by atoms with van der Waals surface area (Å²) >= 11 is 0. The molecule has 0 bridgehead atoms. The third kappa shape index (κ3) is 2.95. The fraction of sp³-hybridized carbons (Fsp3) is 0.917. The summed E-state index contributed by atoms with van der Waals surface area (Å²) in [6, 6.07) is 0.666. The van der Waals surface area contributed by atoms with Gasteiger partial charge in [0.15, 0.2) is 0 Å². The molecule has 0 saturated heterocycles. The lowest BCUT2D eigenvalue weighted by molar-refractivity contribution is -0.147. The molecule has 1 aliphatic carbocycles. The zero-order chi connectivity index (χ0) is 12.1. The van der Waals surface area contributed by atoms with Crippen LogP contribution in [0, 0.1) is 5.92 Å². The van der Waals surface area contributed by atoms with E-state index in [1.807, 2.05) is 13.8 Å². The summed E-state index contributed by atoms with van der Waals surface area (Å²) < 4.78 is 4.76. The molecule has 0 amide bonds. The predicted molar refractivity (Wildman–Crippen MR) is 62.1 cm³/mol. The van der Waals surface area contributed by atoms with Gasteiger partial charge >= 0.3 is 5.97 Å².